The first-order chi connectivity index (χ1) is 16.7. The quantitative estimate of drug-likeness (QED) is 0.306. The summed E-state index contributed by atoms with van der Waals surface area (Å²) in [6.45, 7) is 1.42. The third kappa shape index (κ3) is 4.91. The summed E-state index contributed by atoms with van der Waals surface area (Å²) in [6.07, 6.45) is -1.20. The van der Waals surface area contributed by atoms with Crippen molar-refractivity contribution >= 4 is 63.1 Å². The number of anilines is 1. The second-order valence-electron chi connectivity index (χ2n) is 7.78. The molecule has 178 valence electrons. The summed E-state index contributed by atoms with van der Waals surface area (Å²) < 4.78 is 6.73. The summed E-state index contributed by atoms with van der Waals surface area (Å²) in [6, 6.07) is 18.7. The molecule has 35 heavy (non-hydrogen) atoms. The molecule has 0 aliphatic rings. The zero-order valence-corrected chi connectivity index (χ0v) is 20.9. The molecule has 1 amide bonds. The number of amides is 1. The first kappa shape index (κ1) is 24.8. The lowest BCUT2D eigenvalue weighted by atomic mass is 9.96. The number of nitrogens with zero attached hydrogens (tertiary/aromatic N) is 1. The van der Waals surface area contributed by atoms with Crippen LogP contribution in [0.15, 0.2) is 71.5 Å². The molecule has 0 saturated heterocycles. The van der Waals surface area contributed by atoms with Gasteiger partial charge in [0.15, 0.2) is 6.10 Å². The fourth-order valence-corrected chi connectivity index (χ4v) is 4.19. The van der Waals surface area contributed by atoms with Gasteiger partial charge >= 0.3 is 5.97 Å². The Labute approximate surface area is 216 Å². The lowest BCUT2D eigenvalue weighted by Crippen LogP contribution is -2.33. The fourth-order valence-electron chi connectivity index (χ4n) is 3.72. The Hall–Kier alpha value is -3.32. The molecule has 6 nitrogen and oxygen atoms in total. The van der Waals surface area contributed by atoms with Crippen LogP contribution in [0.4, 0.5) is 5.69 Å². The number of hydrogen-bond acceptors (Lipinski definition) is 4. The molecule has 3 aromatic carbocycles. The lowest BCUT2D eigenvalue weighted by molar-refractivity contribution is -0.123. The van der Waals surface area contributed by atoms with Crippen molar-refractivity contribution in [3.63, 3.8) is 0 Å². The molecule has 9 heteroatoms. The Bertz CT molecular complexity index is 1510. The van der Waals surface area contributed by atoms with Gasteiger partial charge < -0.3 is 14.6 Å². The number of halogens is 3. The fraction of sp³-hybridized carbons (Fsp3) is 0.115. The number of fused-ring (bicyclic) bond motifs is 1. The van der Waals surface area contributed by atoms with Crippen molar-refractivity contribution < 1.29 is 14.3 Å². The monoisotopic (exact) mass is 528 g/mol. The second kappa shape index (κ2) is 10.1. The maximum absolute atomic E-state index is 13.4. The highest BCUT2D eigenvalue weighted by atomic mass is 35.5. The predicted octanol–water partition coefficient (Wildman–Crippen LogP) is 6.35. The molecule has 4 aromatic rings. The Kier molecular flexibility index (Phi) is 7.17. The number of nitrogens with one attached hydrogen (secondary N) is 1. The van der Waals surface area contributed by atoms with Gasteiger partial charge in [-0.2, -0.15) is 0 Å². The summed E-state index contributed by atoms with van der Waals surface area (Å²) in [5.41, 5.74) is 1.09. The van der Waals surface area contributed by atoms with Crippen LogP contribution in [-0.4, -0.2) is 22.5 Å². The van der Waals surface area contributed by atoms with Crippen LogP contribution in [0.25, 0.3) is 21.9 Å². The van der Waals surface area contributed by atoms with Gasteiger partial charge in [-0.3, -0.25) is 9.59 Å². The van der Waals surface area contributed by atoms with E-state index in [1.165, 1.54) is 18.5 Å². The summed E-state index contributed by atoms with van der Waals surface area (Å²) >= 11 is 18.2. The Morgan fingerprint density at radius 2 is 1.57 bits per heavy atom. The minimum Gasteiger partial charge on any atom is -0.448 e. The van der Waals surface area contributed by atoms with E-state index in [0.717, 1.165) is 0 Å². The highest BCUT2D eigenvalue weighted by Gasteiger charge is 2.26. The number of esters is 1. The molecule has 1 N–H and O–H groups in total. The van der Waals surface area contributed by atoms with Gasteiger partial charge in [-0.25, -0.2) is 4.79 Å². The number of benzene rings is 3. The topological polar surface area (TPSA) is 77.4 Å². The molecule has 0 bridgehead atoms. The SMILES string of the molecule is CC(OC(=O)c1c(-c2ccc(Cl)cc2)c2ccccc2c(=O)n1C)C(=O)Nc1cccc(Cl)c1Cl. The van der Waals surface area contributed by atoms with Crippen LogP contribution < -0.4 is 10.9 Å². The van der Waals surface area contributed by atoms with E-state index in [1.807, 2.05) is 0 Å². The number of hydrogen-bond donors (Lipinski definition) is 1. The van der Waals surface area contributed by atoms with E-state index < -0.39 is 18.0 Å². The van der Waals surface area contributed by atoms with Crippen molar-refractivity contribution in [2.75, 3.05) is 5.32 Å². The molecule has 0 fully saturated rings. The molecule has 1 aromatic heterocycles. The smallest absolute Gasteiger partial charge is 0.356 e. The highest BCUT2D eigenvalue weighted by Crippen LogP contribution is 2.32. The summed E-state index contributed by atoms with van der Waals surface area (Å²) in [7, 11) is 1.49. The first-order valence-electron chi connectivity index (χ1n) is 10.5. The van der Waals surface area contributed by atoms with Gasteiger partial charge in [0.05, 0.1) is 15.7 Å². The predicted molar refractivity (Wildman–Crippen MR) is 140 cm³/mol. The number of carbonyl (C=O) groups excluding carboxylic acids is 2. The maximum Gasteiger partial charge on any atom is 0.356 e. The van der Waals surface area contributed by atoms with Crippen LogP contribution in [-0.2, 0) is 16.6 Å². The minimum absolute atomic E-state index is 0.0106. The van der Waals surface area contributed by atoms with Crippen molar-refractivity contribution in [1.82, 2.24) is 4.57 Å². The highest BCUT2D eigenvalue weighted by molar-refractivity contribution is 6.44. The van der Waals surface area contributed by atoms with E-state index in [9.17, 15) is 14.4 Å². The molecule has 1 heterocycles. The second-order valence-corrected chi connectivity index (χ2v) is 9.00. The van der Waals surface area contributed by atoms with Crippen molar-refractivity contribution in [2.45, 2.75) is 13.0 Å². The van der Waals surface area contributed by atoms with Crippen molar-refractivity contribution in [3.05, 3.63) is 97.8 Å². The van der Waals surface area contributed by atoms with E-state index in [-0.39, 0.29) is 27.0 Å². The zero-order valence-electron chi connectivity index (χ0n) is 18.6. The van der Waals surface area contributed by atoms with Crippen LogP contribution in [0.1, 0.15) is 17.4 Å². The lowest BCUT2D eigenvalue weighted by Gasteiger charge is -2.19. The molecule has 0 saturated carbocycles. The molecular weight excluding hydrogens is 511 g/mol. The number of rotatable bonds is 5. The molecule has 0 aliphatic carbocycles. The zero-order chi connectivity index (χ0) is 25.3. The number of carbonyl (C=O) groups is 2. The normalized spacial score (nSPS) is 11.8. The van der Waals surface area contributed by atoms with Crippen molar-refractivity contribution in [1.29, 1.82) is 0 Å². The summed E-state index contributed by atoms with van der Waals surface area (Å²) in [5, 5.41) is 4.58. The Morgan fingerprint density at radius 1 is 0.914 bits per heavy atom. The minimum atomic E-state index is -1.20. The van der Waals surface area contributed by atoms with Crippen LogP contribution in [0.3, 0.4) is 0 Å². The molecule has 4 rings (SSSR count). The average molecular weight is 530 g/mol. The van der Waals surface area contributed by atoms with E-state index in [4.69, 9.17) is 39.5 Å². The largest absolute Gasteiger partial charge is 0.448 e. The van der Waals surface area contributed by atoms with Crippen LogP contribution in [0.5, 0.6) is 0 Å². The van der Waals surface area contributed by atoms with Gasteiger partial charge in [-0.05, 0) is 48.2 Å². The summed E-state index contributed by atoms with van der Waals surface area (Å²) in [5.74, 6) is -1.44. The van der Waals surface area contributed by atoms with Gasteiger partial charge in [0.1, 0.15) is 5.69 Å². The summed E-state index contributed by atoms with van der Waals surface area (Å²) in [4.78, 5) is 39.2. The Morgan fingerprint density at radius 3 is 2.26 bits per heavy atom. The van der Waals surface area contributed by atoms with Crippen molar-refractivity contribution in [2.24, 2.45) is 7.05 Å². The molecule has 0 spiro atoms. The third-order valence-corrected chi connectivity index (χ3v) is 6.56. The van der Waals surface area contributed by atoms with Gasteiger partial charge in [-0.15, -0.1) is 0 Å². The van der Waals surface area contributed by atoms with Crippen LogP contribution >= 0.6 is 34.8 Å². The van der Waals surface area contributed by atoms with Gasteiger partial charge in [0, 0.05) is 23.0 Å². The van der Waals surface area contributed by atoms with E-state index >= 15 is 0 Å². The average Bonchev–Trinajstić information content (AvgIpc) is 2.84. The molecule has 1 atom stereocenters. The number of ether oxygens (including phenoxy) is 1. The molecular formula is C26H19Cl3N2O4. The molecule has 0 radical (unpaired) electrons. The van der Waals surface area contributed by atoms with Gasteiger partial charge in [-0.1, -0.05) is 71.2 Å². The molecule has 1 unspecified atom stereocenters. The van der Waals surface area contributed by atoms with Crippen molar-refractivity contribution in [3.8, 4) is 11.1 Å². The van der Waals surface area contributed by atoms with E-state index in [0.29, 0.717) is 26.9 Å². The molecule has 0 aliphatic heterocycles. The third-order valence-electron chi connectivity index (χ3n) is 5.49. The van der Waals surface area contributed by atoms with Gasteiger partial charge in [0.2, 0.25) is 0 Å². The van der Waals surface area contributed by atoms with Crippen LogP contribution in [0, 0.1) is 0 Å². The first-order valence-corrected chi connectivity index (χ1v) is 11.7. The Balaban J connectivity index is 1.74. The standard InChI is InChI=1S/C26H19Cl3N2O4/c1-14(24(32)30-20-9-5-8-19(28)22(20)29)35-26(34)23-21(15-10-12-16(27)13-11-15)17-6-3-4-7-18(17)25(33)31(23)2/h3-14H,1-2H3,(H,30,32). The maximum atomic E-state index is 13.4. The van der Waals surface area contributed by atoms with E-state index in [2.05, 4.69) is 5.32 Å². The van der Waals surface area contributed by atoms with Gasteiger partial charge in [0.25, 0.3) is 11.5 Å². The van der Waals surface area contributed by atoms with Crippen LogP contribution in [0.2, 0.25) is 15.1 Å². The number of pyridine rings is 1. The van der Waals surface area contributed by atoms with E-state index in [1.54, 1.807) is 66.7 Å². The number of aromatic nitrogens is 1.